The standard InChI is InChI=1S/C20H29FN2O2/c1-14(16-6-4-10-23(13-16)18-8-3-9-18)22-20(25)12-19(24)15-5-2-7-17(21)11-15/h2,5,7,11,14,16,18-19,24H,3-4,6,8-10,12-13H2,1H3,(H,22,25). The van der Waals surface area contributed by atoms with E-state index in [2.05, 4.69) is 17.1 Å². The highest BCUT2D eigenvalue weighted by Gasteiger charge is 2.32. The lowest BCUT2D eigenvalue weighted by molar-refractivity contribution is -0.124. The number of aliphatic hydroxyl groups is 1. The number of nitrogens with zero attached hydrogens (tertiary/aromatic N) is 1. The zero-order chi connectivity index (χ0) is 17.8. The first-order valence-corrected chi connectivity index (χ1v) is 9.50. The Balaban J connectivity index is 1.48. The molecular weight excluding hydrogens is 319 g/mol. The molecular formula is C20H29FN2O2. The monoisotopic (exact) mass is 348 g/mol. The first-order valence-electron chi connectivity index (χ1n) is 9.50. The average Bonchev–Trinajstić information content (AvgIpc) is 2.53. The molecule has 2 fully saturated rings. The van der Waals surface area contributed by atoms with E-state index in [4.69, 9.17) is 0 Å². The fraction of sp³-hybridized carbons (Fsp3) is 0.650. The molecule has 3 unspecified atom stereocenters. The summed E-state index contributed by atoms with van der Waals surface area (Å²) in [6.07, 6.45) is 5.29. The van der Waals surface area contributed by atoms with Crippen molar-refractivity contribution in [3.8, 4) is 0 Å². The molecule has 1 saturated carbocycles. The second-order valence-corrected chi connectivity index (χ2v) is 7.61. The van der Waals surface area contributed by atoms with Gasteiger partial charge >= 0.3 is 0 Å². The van der Waals surface area contributed by atoms with Gasteiger partial charge in [0.2, 0.25) is 5.91 Å². The van der Waals surface area contributed by atoms with E-state index in [-0.39, 0.29) is 18.4 Å². The van der Waals surface area contributed by atoms with Crippen LogP contribution in [-0.4, -0.2) is 41.1 Å². The molecule has 1 aliphatic carbocycles. The van der Waals surface area contributed by atoms with E-state index < -0.39 is 11.9 Å². The maximum absolute atomic E-state index is 13.2. The van der Waals surface area contributed by atoms with Crippen molar-refractivity contribution in [2.24, 2.45) is 5.92 Å². The van der Waals surface area contributed by atoms with Crippen molar-refractivity contribution >= 4 is 5.91 Å². The van der Waals surface area contributed by atoms with Crippen LogP contribution in [0.4, 0.5) is 4.39 Å². The van der Waals surface area contributed by atoms with Gasteiger partial charge in [0.05, 0.1) is 12.5 Å². The number of likely N-dealkylation sites (tertiary alicyclic amines) is 1. The van der Waals surface area contributed by atoms with E-state index in [9.17, 15) is 14.3 Å². The van der Waals surface area contributed by atoms with Crippen molar-refractivity contribution in [3.63, 3.8) is 0 Å². The van der Waals surface area contributed by atoms with Crippen LogP contribution in [0.15, 0.2) is 24.3 Å². The van der Waals surface area contributed by atoms with E-state index in [1.807, 2.05) is 0 Å². The largest absolute Gasteiger partial charge is 0.388 e. The molecule has 1 aromatic carbocycles. The van der Waals surface area contributed by atoms with E-state index >= 15 is 0 Å². The highest BCUT2D eigenvalue weighted by atomic mass is 19.1. The van der Waals surface area contributed by atoms with Crippen molar-refractivity contribution in [2.75, 3.05) is 13.1 Å². The molecule has 25 heavy (non-hydrogen) atoms. The van der Waals surface area contributed by atoms with Gasteiger partial charge in [-0.25, -0.2) is 4.39 Å². The predicted molar refractivity (Wildman–Crippen MR) is 95.5 cm³/mol. The molecule has 0 bridgehead atoms. The van der Waals surface area contributed by atoms with Crippen LogP contribution in [0.1, 0.15) is 57.1 Å². The van der Waals surface area contributed by atoms with Crippen LogP contribution in [0, 0.1) is 11.7 Å². The topological polar surface area (TPSA) is 52.6 Å². The summed E-state index contributed by atoms with van der Waals surface area (Å²) < 4.78 is 13.2. The van der Waals surface area contributed by atoms with Gasteiger partial charge in [-0.1, -0.05) is 18.6 Å². The lowest BCUT2D eigenvalue weighted by atomic mass is 9.85. The Kier molecular flexibility index (Phi) is 6.07. The maximum atomic E-state index is 13.2. The Morgan fingerprint density at radius 1 is 1.36 bits per heavy atom. The molecule has 3 atom stereocenters. The summed E-state index contributed by atoms with van der Waals surface area (Å²) in [7, 11) is 0. The third kappa shape index (κ3) is 4.79. The van der Waals surface area contributed by atoms with Crippen LogP contribution >= 0.6 is 0 Å². The molecule has 4 nitrogen and oxygen atoms in total. The fourth-order valence-corrected chi connectivity index (χ4v) is 3.97. The van der Waals surface area contributed by atoms with Crippen LogP contribution in [0.3, 0.4) is 0 Å². The van der Waals surface area contributed by atoms with Gasteiger partial charge in [0, 0.05) is 18.6 Å². The van der Waals surface area contributed by atoms with Gasteiger partial charge in [0.15, 0.2) is 0 Å². The number of rotatable bonds is 6. The Morgan fingerprint density at radius 3 is 2.84 bits per heavy atom. The van der Waals surface area contributed by atoms with E-state index in [0.29, 0.717) is 11.5 Å². The van der Waals surface area contributed by atoms with Gasteiger partial charge in [-0.2, -0.15) is 0 Å². The van der Waals surface area contributed by atoms with Crippen LogP contribution < -0.4 is 5.32 Å². The van der Waals surface area contributed by atoms with E-state index in [0.717, 1.165) is 19.0 Å². The Labute approximate surface area is 149 Å². The summed E-state index contributed by atoms with van der Waals surface area (Å²) in [5.41, 5.74) is 0.441. The van der Waals surface area contributed by atoms with Gasteiger partial charge in [-0.3, -0.25) is 4.79 Å². The van der Waals surface area contributed by atoms with Crippen LogP contribution in [0.25, 0.3) is 0 Å². The SMILES string of the molecule is CC(NC(=O)CC(O)c1cccc(F)c1)C1CCCN(C2CCC2)C1. The number of aliphatic hydroxyl groups excluding tert-OH is 1. The van der Waals surface area contributed by atoms with E-state index in [1.54, 1.807) is 12.1 Å². The van der Waals surface area contributed by atoms with Crippen LogP contribution in [0.2, 0.25) is 0 Å². The van der Waals surface area contributed by atoms with Gasteiger partial charge in [-0.15, -0.1) is 0 Å². The highest BCUT2D eigenvalue weighted by molar-refractivity contribution is 5.77. The van der Waals surface area contributed by atoms with Crippen LogP contribution in [0.5, 0.6) is 0 Å². The minimum atomic E-state index is -0.972. The number of amides is 1. The molecule has 138 valence electrons. The van der Waals surface area contributed by atoms with E-state index in [1.165, 1.54) is 44.4 Å². The molecule has 0 radical (unpaired) electrons. The quantitative estimate of drug-likeness (QED) is 0.831. The summed E-state index contributed by atoms with van der Waals surface area (Å²) in [5, 5.41) is 13.2. The number of halogens is 1. The number of piperidine rings is 1. The lowest BCUT2D eigenvalue weighted by Crippen LogP contribution is -2.50. The zero-order valence-corrected chi connectivity index (χ0v) is 15.0. The molecule has 1 aromatic rings. The number of hydrogen-bond acceptors (Lipinski definition) is 3. The molecule has 3 rings (SSSR count). The molecule has 1 amide bonds. The Hall–Kier alpha value is -1.46. The Bertz CT molecular complexity index is 591. The first-order chi connectivity index (χ1) is 12.0. The summed E-state index contributed by atoms with van der Waals surface area (Å²) in [5.74, 6) is -0.113. The number of nitrogens with one attached hydrogen (secondary N) is 1. The zero-order valence-electron chi connectivity index (χ0n) is 15.0. The van der Waals surface area contributed by atoms with Gasteiger partial charge in [0.1, 0.15) is 5.82 Å². The number of carbonyl (C=O) groups is 1. The predicted octanol–water partition coefficient (Wildman–Crippen LogP) is 3.02. The van der Waals surface area contributed by atoms with Crippen LogP contribution in [-0.2, 0) is 4.79 Å². The fourth-order valence-electron chi connectivity index (χ4n) is 3.97. The summed E-state index contributed by atoms with van der Waals surface area (Å²) in [6, 6.07) is 6.64. The molecule has 1 saturated heterocycles. The summed E-state index contributed by atoms with van der Waals surface area (Å²) >= 11 is 0. The van der Waals surface area contributed by atoms with Crippen molar-refractivity contribution in [3.05, 3.63) is 35.6 Å². The smallest absolute Gasteiger partial charge is 0.223 e. The molecule has 1 aliphatic heterocycles. The number of benzene rings is 1. The molecule has 5 heteroatoms. The second-order valence-electron chi connectivity index (χ2n) is 7.61. The Morgan fingerprint density at radius 2 is 2.16 bits per heavy atom. The van der Waals surface area contributed by atoms with Gasteiger partial charge in [0.25, 0.3) is 0 Å². The lowest BCUT2D eigenvalue weighted by Gasteiger charge is -2.43. The third-order valence-electron chi connectivity index (χ3n) is 5.79. The maximum Gasteiger partial charge on any atom is 0.223 e. The van der Waals surface area contributed by atoms with Crippen molar-refractivity contribution in [1.82, 2.24) is 10.2 Å². The molecule has 1 heterocycles. The summed E-state index contributed by atoms with van der Waals surface area (Å²) in [6.45, 7) is 4.29. The molecule has 0 aromatic heterocycles. The molecule has 2 aliphatic rings. The minimum Gasteiger partial charge on any atom is -0.388 e. The minimum absolute atomic E-state index is 0.0349. The molecule has 2 N–H and O–H groups in total. The first kappa shape index (κ1) is 18.3. The second kappa shape index (κ2) is 8.28. The highest BCUT2D eigenvalue weighted by Crippen LogP contribution is 2.30. The van der Waals surface area contributed by atoms with Gasteiger partial charge < -0.3 is 15.3 Å². The third-order valence-corrected chi connectivity index (χ3v) is 5.79. The van der Waals surface area contributed by atoms with Gasteiger partial charge in [-0.05, 0) is 62.8 Å². The summed E-state index contributed by atoms with van der Waals surface area (Å²) in [4.78, 5) is 14.9. The number of hydrogen-bond donors (Lipinski definition) is 2. The van der Waals surface area contributed by atoms with Crippen molar-refractivity contribution < 1.29 is 14.3 Å². The normalized spacial score (nSPS) is 24.4. The molecule has 0 spiro atoms. The number of carbonyl (C=O) groups excluding carboxylic acids is 1. The van der Waals surface area contributed by atoms with Crippen molar-refractivity contribution in [1.29, 1.82) is 0 Å². The van der Waals surface area contributed by atoms with Crippen molar-refractivity contribution in [2.45, 2.75) is 63.6 Å². The average molecular weight is 348 g/mol.